The monoisotopic (exact) mass is 538 g/mol. The lowest BCUT2D eigenvalue weighted by Crippen LogP contribution is -2.10. The molecule has 0 spiro atoms. The molecule has 0 aliphatic rings. The summed E-state index contributed by atoms with van der Waals surface area (Å²) in [6.45, 7) is 8.66. The minimum atomic E-state index is 0.284. The predicted octanol–water partition coefficient (Wildman–Crippen LogP) is 9.61. The number of phenols is 4. The molecule has 0 amide bonds. The summed E-state index contributed by atoms with van der Waals surface area (Å²) in [6, 6.07) is 29.7. The molecule has 0 unspecified atom stereocenters. The zero-order chi connectivity index (χ0) is 29.1. The summed E-state index contributed by atoms with van der Waals surface area (Å²) < 4.78 is 0. The zero-order valence-electron chi connectivity index (χ0n) is 24.0. The van der Waals surface area contributed by atoms with E-state index in [-0.39, 0.29) is 11.5 Å². The van der Waals surface area contributed by atoms with E-state index in [1.807, 2.05) is 48.5 Å². The summed E-state index contributed by atoms with van der Waals surface area (Å²) in [6.07, 6.45) is 3.94. The van der Waals surface area contributed by atoms with Crippen molar-refractivity contribution in [3.63, 3.8) is 0 Å². The SMILES string of the molecule is CC/C(=C(/CC)c1ccc(O)cc1)c1ccc(O)cc1.CC[C@H](c1ccc(O)cc1)[C@@H](CC)c1ccc(O)cc1. The van der Waals surface area contributed by atoms with Gasteiger partial charge in [-0.05, 0) is 119 Å². The summed E-state index contributed by atoms with van der Waals surface area (Å²) in [7, 11) is 0. The van der Waals surface area contributed by atoms with Crippen molar-refractivity contribution >= 4 is 11.1 Å². The van der Waals surface area contributed by atoms with Crippen LogP contribution in [-0.2, 0) is 0 Å². The first-order chi connectivity index (χ1) is 19.3. The van der Waals surface area contributed by atoms with E-state index in [1.165, 1.54) is 22.3 Å². The second-order valence-corrected chi connectivity index (χ2v) is 9.97. The van der Waals surface area contributed by atoms with Crippen molar-refractivity contribution in [2.75, 3.05) is 0 Å². The van der Waals surface area contributed by atoms with Crippen LogP contribution in [0.15, 0.2) is 97.1 Å². The van der Waals surface area contributed by atoms with Crippen LogP contribution in [0.1, 0.15) is 87.5 Å². The molecule has 4 aromatic carbocycles. The smallest absolute Gasteiger partial charge is 0.115 e. The average molecular weight is 539 g/mol. The van der Waals surface area contributed by atoms with Crippen LogP contribution in [0.4, 0.5) is 0 Å². The number of benzene rings is 4. The van der Waals surface area contributed by atoms with Gasteiger partial charge in [-0.1, -0.05) is 76.2 Å². The highest BCUT2D eigenvalue weighted by Crippen LogP contribution is 2.39. The van der Waals surface area contributed by atoms with Gasteiger partial charge in [0, 0.05) is 0 Å². The Morgan fingerprint density at radius 2 is 0.675 bits per heavy atom. The fourth-order valence-electron chi connectivity index (χ4n) is 5.46. The Bertz CT molecular complexity index is 1230. The molecule has 4 N–H and O–H groups in total. The van der Waals surface area contributed by atoms with E-state index in [1.54, 1.807) is 48.5 Å². The van der Waals surface area contributed by atoms with Gasteiger partial charge in [0.2, 0.25) is 0 Å². The molecular formula is C36H42O4. The van der Waals surface area contributed by atoms with E-state index in [2.05, 4.69) is 27.7 Å². The summed E-state index contributed by atoms with van der Waals surface area (Å²) in [5.41, 5.74) is 7.33. The quantitative estimate of drug-likeness (QED) is 0.160. The number of allylic oxidation sites excluding steroid dienone is 2. The molecule has 4 nitrogen and oxygen atoms in total. The Balaban J connectivity index is 0.000000220. The summed E-state index contributed by atoms with van der Waals surface area (Å²) in [5, 5.41) is 37.7. The van der Waals surface area contributed by atoms with Crippen molar-refractivity contribution in [3.8, 4) is 23.0 Å². The number of rotatable bonds is 9. The van der Waals surface area contributed by atoms with Crippen LogP contribution in [-0.4, -0.2) is 20.4 Å². The molecule has 4 rings (SSSR count). The van der Waals surface area contributed by atoms with Crippen LogP contribution in [0, 0.1) is 0 Å². The number of phenolic OH excluding ortho intramolecular Hbond substituents is 4. The molecule has 0 radical (unpaired) electrons. The van der Waals surface area contributed by atoms with Crippen molar-refractivity contribution < 1.29 is 20.4 Å². The Kier molecular flexibility index (Phi) is 11.3. The van der Waals surface area contributed by atoms with Crippen LogP contribution in [0.25, 0.3) is 11.1 Å². The zero-order valence-corrected chi connectivity index (χ0v) is 24.0. The molecule has 0 aromatic heterocycles. The Labute approximate surface area is 238 Å². The molecule has 4 aromatic rings. The Morgan fingerprint density at radius 1 is 0.425 bits per heavy atom. The molecule has 4 heteroatoms. The van der Waals surface area contributed by atoms with Gasteiger partial charge in [0.15, 0.2) is 0 Å². The van der Waals surface area contributed by atoms with E-state index in [9.17, 15) is 20.4 Å². The Morgan fingerprint density at radius 3 is 0.900 bits per heavy atom. The molecular weight excluding hydrogens is 496 g/mol. The third-order valence-electron chi connectivity index (χ3n) is 7.51. The summed E-state index contributed by atoms with van der Waals surface area (Å²) >= 11 is 0. The van der Waals surface area contributed by atoms with E-state index in [0.717, 1.165) is 36.8 Å². The van der Waals surface area contributed by atoms with Gasteiger partial charge < -0.3 is 20.4 Å². The van der Waals surface area contributed by atoms with Gasteiger partial charge in [-0.3, -0.25) is 0 Å². The maximum absolute atomic E-state index is 9.43. The van der Waals surface area contributed by atoms with Crippen LogP contribution in [0.2, 0.25) is 0 Å². The van der Waals surface area contributed by atoms with Crippen LogP contribution in [0.5, 0.6) is 23.0 Å². The van der Waals surface area contributed by atoms with Crippen molar-refractivity contribution in [2.45, 2.75) is 65.2 Å². The van der Waals surface area contributed by atoms with Crippen molar-refractivity contribution in [1.82, 2.24) is 0 Å². The van der Waals surface area contributed by atoms with Crippen molar-refractivity contribution in [2.24, 2.45) is 0 Å². The molecule has 2 atom stereocenters. The first kappa shape index (κ1) is 30.4. The highest BCUT2D eigenvalue weighted by molar-refractivity contribution is 5.90. The van der Waals surface area contributed by atoms with Crippen LogP contribution in [0.3, 0.4) is 0 Å². The molecule has 40 heavy (non-hydrogen) atoms. The molecule has 0 fully saturated rings. The highest BCUT2D eigenvalue weighted by atomic mass is 16.3. The molecule has 210 valence electrons. The van der Waals surface area contributed by atoms with Gasteiger partial charge in [-0.25, -0.2) is 0 Å². The van der Waals surface area contributed by atoms with E-state index >= 15 is 0 Å². The first-order valence-corrected chi connectivity index (χ1v) is 14.2. The van der Waals surface area contributed by atoms with Crippen molar-refractivity contribution in [3.05, 3.63) is 119 Å². The standard InChI is InChI=1S/C18H22O2.C18H20O2/c2*1-3-17(13-5-9-15(19)10-6-13)18(4-2)14-7-11-16(20)12-8-14/h5-12,17-20H,3-4H2,1-2H3;5-12,19-20H,3-4H2,1-2H3/b;18-17+/t17-,18+;. The fourth-order valence-corrected chi connectivity index (χ4v) is 5.46. The van der Waals surface area contributed by atoms with Crippen LogP contribution < -0.4 is 0 Å². The fraction of sp³-hybridized carbons (Fsp3) is 0.278. The highest BCUT2D eigenvalue weighted by Gasteiger charge is 2.22. The minimum Gasteiger partial charge on any atom is -0.508 e. The van der Waals surface area contributed by atoms with Gasteiger partial charge >= 0.3 is 0 Å². The van der Waals surface area contributed by atoms with Gasteiger partial charge in [-0.15, -0.1) is 0 Å². The molecule has 0 heterocycles. The summed E-state index contributed by atoms with van der Waals surface area (Å²) in [5.74, 6) is 2.02. The molecule has 0 aliphatic heterocycles. The van der Waals surface area contributed by atoms with E-state index < -0.39 is 0 Å². The van der Waals surface area contributed by atoms with E-state index in [4.69, 9.17) is 0 Å². The third kappa shape index (κ3) is 7.92. The lowest BCUT2D eigenvalue weighted by Gasteiger charge is -2.26. The maximum Gasteiger partial charge on any atom is 0.115 e. The van der Waals surface area contributed by atoms with E-state index in [0.29, 0.717) is 23.3 Å². The molecule has 0 saturated heterocycles. The maximum atomic E-state index is 9.43. The molecule has 0 bridgehead atoms. The molecule has 0 saturated carbocycles. The second-order valence-electron chi connectivity index (χ2n) is 9.97. The second kappa shape index (κ2) is 14.8. The largest absolute Gasteiger partial charge is 0.508 e. The van der Waals surface area contributed by atoms with Crippen LogP contribution >= 0.6 is 0 Å². The van der Waals surface area contributed by atoms with Gasteiger partial charge in [0.1, 0.15) is 23.0 Å². The first-order valence-electron chi connectivity index (χ1n) is 14.2. The van der Waals surface area contributed by atoms with Gasteiger partial charge in [-0.2, -0.15) is 0 Å². The number of hydrogen-bond acceptors (Lipinski definition) is 4. The third-order valence-corrected chi connectivity index (χ3v) is 7.51. The lowest BCUT2D eigenvalue weighted by atomic mass is 9.78. The Hall–Kier alpha value is -4.18. The number of aromatic hydroxyl groups is 4. The normalized spacial score (nSPS) is 13.0. The average Bonchev–Trinajstić information content (AvgIpc) is 2.97. The lowest BCUT2D eigenvalue weighted by molar-refractivity contribution is 0.470. The minimum absolute atomic E-state index is 0.284. The predicted molar refractivity (Wildman–Crippen MR) is 166 cm³/mol. The van der Waals surface area contributed by atoms with Crippen molar-refractivity contribution in [1.29, 1.82) is 0 Å². The topological polar surface area (TPSA) is 80.9 Å². The van der Waals surface area contributed by atoms with Gasteiger partial charge in [0.05, 0.1) is 0 Å². The number of hydrogen-bond donors (Lipinski definition) is 4. The summed E-state index contributed by atoms with van der Waals surface area (Å²) in [4.78, 5) is 0. The molecule has 0 aliphatic carbocycles. The van der Waals surface area contributed by atoms with Gasteiger partial charge in [0.25, 0.3) is 0 Å².